The van der Waals surface area contributed by atoms with E-state index >= 15 is 0 Å². The van der Waals surface area contributed by atoms with Gasteiger partial charge in [0.2, 0.25) is 0 Å². The second kappa shape index (κ2) is 2.96. The van der Waals surface area contributed by atoms with Crippen molar-refractivity contribution in [1.82, 2.24) is 0 Å². The zero-order valence-corrected chi connectivity index (χ0v) is 8.68. The molecule has 1 heterocycles. The predicted molar refractivity (Wildman–Crippen MR) is 51.6 cm³/mol. The fourth-order valence-electron chi connectivity index (χ4n) is 3.02. The number of aliphatic hydroxyl groups is 1. The van der Waals surface area contributed by atoms with Crippen LogP contribution in [0.3, 0.4) is 0 Å². The Bertz CT molecular complexity index is 200. The van der Waals surface area contributed by atoms with Crippen LogP contribution in [-0.4, -0.2) is 23.4 Å². The van der Waals surface area contributed by atoms with Crippen LogP contribution in [0, 0.1) is 5.41 Å². The molecule has 13 heavy (non-hydrogen) atoms. The van der Waals surface area contributed by atoms with Crippen molar-refractivity contribution in [2.24, 2.45) is 5.41 Å². The lowest BCUT2D eigenvalue weighted by Gasteiger charge is -2.38. The monoisotopic (exact) mass is 184 g/mol. The van der Waals surface area contributed by atoms with E-state index in [0.29, 0.717) is 5.41 Å². The van der Waals surface area contributed by atoms with Gasteiger partial charge in [0.05, 0.1) is 18.3 Å². The number of hydrogen-bond acceptors (Lipinski definition) is 2. The number of rotatable bonds is 1. The van der Waals surface area contributed by atoms with Gasteiger partial charge in [-0.3, -0.25) is 0 Å². The minimum Gasteiger partial charge on any atom is -0.394 e. The molecular weight excluding hydrogens is 164 g/mol. The first-order chi connectivity index (χ1) is 6.10. The number of aliphatic hydroxyl groups excluding tert-OH is 1. The topological polar surface area (TPSA) is 29.5 Å². The predicted octanol–water partition coefficient (Wildman–Crippen LogP) is 2.11. The van der Waals surface area contributed by atoms with E-state index in [4.69, 9.17) is 9.84 Å². The van der Waals surface area contributed by atoms with Gasteiger partial charge in [-0.2, -0.15) is 0 Å². The fraction of sp³-hybridized carbons (Fsp3) is 1.00. The molecule has 1 saturated carbocycles. The lowest BCUT2D eigenvalue weighted by atomic mass is 9.76. The van der Waals surface area contributed by atoms with Crippen molar-refractivity contribution in [3.63, 3.8) is 0 Å². The summed E-state index contributed by atoms with van der Waals surface area (Å²) in [5.74, 6) is 0. The molecule has 0 aromatic rings. The zero-order valence-electron chi connectivity index (χ0n) is 8.68. The van der Waals surface area contributed by atoms with Gasteiger partial charge in [-0.05, 0) is 37.5 Å². The lowest BCUT2D eigenvalue weighted by molar-refractivity contribution is -0.108. The molecule has 1 saturated heterocycles. The SMILES string of the molecule is CC1(C)CCCC12CCC(CO)O2. The van der Waals surface area contributed by atoms with Crippen LogP contribution in [0.1, 0.15) is 46.0 Å². The summed E-state index contributed by atoms with van der Waals surface area (Å²) in [6.45, 7) is 4.80. The Morgan fingerprint density at radius 2 is 2.08 bits per heavy atom. The molecule has 2 aliphatic rings. The van der Waals surface area contributed by atoms with Crippen molar-refractivity contribution >= 4 is 0 Å². The Morgan fingerprint density at radius 3 is 2.54 bits per heavy atom. The maximum Gasteiger partial charge on any atom is 0.0814 e. The summed E-state index contributed by atoms with van der Waals surface area (Å²) >= 11 is 0. The number of ether oxygens (including phenoxy) is 1. The third kappa shape index (κ3) is 1.31. The van der Waals surface area contributed by atoms with Crippen molar-refractivity contribution in [3.8, 4) is 0 Å². The van der Waals surface area contributed by atoms with Crippen molar-refractivity contribution in [1.29, 1.82) is 0 Å². The van der Waals surface area contributed by atoms with Crippen LogP contribution in [0.15, 0.2) is 0 Å². The van der Waals surface area contributed by atoms with Gasteiger partial charge in [-0.1, -0.05) is 13.8 Å². The summed E-state index contributed by atoms with van der Waals surface area (Å²) < 4.78 is 6.02. The summed E-state index contributed by atoms with van der Waals surface area (Å²) in [6.07, 6.45) is 6.04. The Balaban J connectivity index is 2.13. The minimum absolute atomic E-state index is 0.0976. The molecule has 1 spiro atoms. The zero-order chi connectivity index (χ0) is 9.53. The summed E-state index contributed by atoms with van der Waals surface area (Å²) in [7, 11) is 0. The first-order valence-electron chi connectivity index (χ1n) is 5.38. The van der Waals surface area contributed by atoms with Gasteiger partial charge in [0.1, 0.15) is 0 Å². The summed E-state index contributed by atoms with van der Waals surface area (Å²) in [5, 5.41) is 9.05. The first kappa shape index (κ1) is 9.47. The van der Waals surface area contributed by atoms with Crippen LogP contribution in [0.2, 0.25) is 0 Å². The van der Waals surface area contributed by atoms with Crippen LogP contribution in [0.25, 0.3) is 0 Å². The van der Waals surface area contributed by atoms with Gasteiger partial charge < -0.3 is 9.84 Å². The third-order valence-electron chi connectivity index (χ3n) is 4.08. The van der Waals surface area contributed by atoms with Crippen molar-refractivity contribution < 1.29 is 9.84 Å². The molecule has 1 N–H and O–H groups in total. The van der Waals surface area contributed by atoms with E-state index < -0.39 is 0 Å². The van der Waals surface area contributed by atoms with Gasteiger partial charge in [-0.15, -0.1) is 0 Å². The highest BCUT2D eigenvalue weighted by atomic mass is 16.5. The van der Waals surface area contributed by atoms with E-state index in [0.717, 1.165) is 12.8 Å². The summed E-state index contributed by atoms with van der Waals surface area (Å²) in [4.78, 5) is 0. The van der Waals surface area contributed by atoms with Crippen molar-refractivity contribution in [2.75, 3.05) is 6.61 Å². The number of hydrogen-bond donors (Lipinski definition) is 1. The molecule has 2 nitrogen and oxygen atoms in total. The molecular formula is C11H20O2. The average Bonchev–Trinajstić information content (AvgIpc) is 2.60. The Kier molecular flexibility index (Phi) is 2.16. The average molecular weight is 184 g/mol. The van der Waals surface area contributed by atoms with Gasteiger partial charge >= 0.3 is 0 Å². The molecule has 76 valence electrons. The van der Waals surface area contributed by atoms with E-state index in [-0.39, 0.29) is 18.3 Å². The molecule has 2 fully saturated rings. The van der Waals surface area contributed by atoms with E-state index in [9.17, 15) is 0 Å². The standard InChI is InChI=1S/C11H20O2/c1-10(2)5-3-6-11(10)7-4-9(8-12)13-11/h9,12H,3-8H2,1-2H3. The second-order valence-electron chi connectivity index (χ2n) is 5.19. The highest BCUT2D eigenvalue weighted by Crippen LogP contribution is 2.54. The Morgan fingerprint density at radius 1 is 1.31 bits per heavy atom. The molecule has 2 heteroatoms. The van der Waals surface area contributed by atoms with Gasteiger partial charge in [0.25, 0.3) is 0 Å². The highest BCUT2D eigenvalue weighted by molar-refractivity contribution is 5.03. The summed E-state index contributed by atoms with van der Waals surface area (Å²) in [5.41, 5.74) is 0.414. The molecule has 2 atom stereocenters. The first-order valence-corrected chi connectivity index (χ1v) is 5.38. The quantitative estimate of drug-likeness (QED) is 0.676. The van der Waals surface area contributed by atoms with Crippen molar-refractivity contribution in [3.05, 3.63) is 0 Å². The molecule has 2 rings (SSSR count). The minimum atomic E-state index is 0.0976. The molecule has 0 aromatic heterocycles. The smallest absolute Gasteiger partial charge is 0.0814 e. The second-order valence-corrected chi connectivity index (χ2v) is 5.19. The molecule has 0 radical (unpaired) electrons. The Hall–Kier alpha value is -0.0800. The highest BCUT2D eigenvalue weighted by Gasteiger charge is 2.53. The van der Waals surface area contributed by atoms with E-state index in [1.165, 1.54) is 19.3 Å². The van der Waals surface area contributed by atoms with Gasteiger partial charge in [-0.25, -0.2) is 0 Å². The molecule has 1 aliphatic heterocycles. The van der Waals surface area contributed by atoms with Crippen LogP contribution >= 0.6 is 0 Å². The van der Waals surface area contributed by atoms with Crippen molar-refractivity contribution in [2.45, 2.75) is 57.7 Å². The third-order valence-corrected chi connectivity index (χ3v) is 4.08. The molecule has 0 aromatic carbocycles. The maximum absolute atomic E-state index is 9.05. The van der Waals surface area contributed by atoms with Crippen LogP contribution < -0.4 is 0 Å². The molecule has 0 bridgehead atoms. The van der Waals surface area contributed by atoms with Gasteiger partial charge in [0, 0.05) is 0 Å². The van der Waals surface area contributed by atoms with E-state index in [2.05, 4.69) is 13.8 Å². The normalized spacial score (nSPS) is 43.2. The van der Waals surface area contributed by atoms with E-state index in [1.54, 1.807) is 0 Å². The fourth-order valence-corrected chi connectivity index (χ4v) is 3.02. The molecule has 1 aliphatic carbocycles. The lowest BCUT2D eigenvalue weighted by Crippen LogP contribution is -2.40. The largest absolute Gasteiger partial charge is 0.394 e. The molecule has 2 unspecified atom stereocenters. The summed E-state index contributed by atoms with van der Waals surface area (Å²) in [6, 6.07) is 0. The van der Waals surface area contributed by atoms with Crippen LogP contribution in [-0.2, 0) is 4.74 Å². The Labute approximate surface area is 80.3 Å². The molecule has 0 amide bonds. The van der Waals surface area contributed by atoms with Crippen LogP contribution in [0.5, 0.6) is 0 Å². The van der Waals surface area contributed by atoms with E-state index in [1.807, 2.05) is 0 Å². The van der Waals surface area contributed by atoms with Gasteiger partial charge in [0.15, 0.2) is 0 Å². The maximum atomic E-state index is 9.05. The van der Waals surface area contributed by atoms with Crippen LogP contribution in [0.4, 0.5) is 0 Å².